The van der Waals surface area contributed by atoms with Gasteiger partial charge in [-0.3, -0.25) is 0 Å². The molecule has 1 saturated heterocycles. The molecule has 1 aliphatic heterocycles. The van der Waals surface area contributed by atoms with E-state index in [0.29, 0.717) is 14.5 Å². The van der Waals surface area contributed by atoms with Gasteiger partial charge in [-0.25, -0.2) is 0 Å². The van der Waals surface area contributed by atoms with Crippen LogP contribution in [-0.2, 0) is 0 Å². The Morgan fingerprint density at radius 1 is 1.17 bits per heavy atom. The molecule has 94 valence electrons. The molecule has 0 N–H and O–H groups in total. The summed E-state index contributed by atoms with van der Waals surface area (Å²) < 4.78 is 2.66. The summed E-state index contributed by atoms with van der Waals surface area (Å²) in [6, 6.07) is 7.39. The van der Waals surface area contributed by atoms with E-state index in [1.807, 2.05) is 6.07 Å². The number of piperidine rings is 1. The molecular weight excluding hydrogens is 295 g/mol. The van der Waals surface area contributed by atoms with Crippen LogP contribution in [0.1, 0.15) is 19.3 Å². The monoisotopic (exact) mass is 310 g/mol. The third kappa shape index (κ3) is 2.16. The van der Waals surface area contributed by atoms with Gasteiger partial charge in [-0.05, 0) is 0 Å². The Bertz CT molecular complexity index is 588. The average molecular weight is 309 g/mol. The van der Waals surface area contributed by atoms with E-state index in [2.05, 4.69) is 11.0 Å². The second kappa shape index (κ2) is 4.75. The van der Waals surface area contributed by atoms with Gasteiger partial charge in [0.2, 0.25) is 0 Å². The van der Waals surface area contributed by atoms with E-state index in [1.165, 1.54) is 28.1 Å². The molecule has 0 saturated carbocycles. The molecular formula is C13H14N2O2Se. The number of hydrogen-bond donors (Lipinski definition) is 0. The maximum atomic E-state index is 10.8. The van der Waals surface area contributed by atoms with Gasteiger partial charge < -0.3 is 0 Å². The fraction of sp³-hybridized carbons (Fsp3) is 0.385. The number of anilines is 1. The zero-order valence-electron chi connectivity index (χ0n) is 9.96. The van der Waals surface area contributed by atoms with Gasteiger partial charge in [0.05, 0.1) is 0 Å². The van der Waals surface area contributed by atoms with Gasteiger partial charge in [-0.2, -0.15) is 0 Å². The van der Waals surface area contributed by atoms with E-state index in [4.69, 9.17) is 0 Å². The number of nitro groups is 1. The molecule has 0 atom stereocenters. The summed E-state index contributed by atoms with van der Waals surface area (Å²) in [5.74, 6) is 0. The normalized spacial score (nSPS) is 16.1. The zero-order valence-corrected chi connectivity index (χ0v) is 11.7. The minimum atomic E-state index is -0.319. The Morgan fingerprint density at radius 3 is 2.67 bits per heavy atom. The molecule has 0 bridgehead atoms. The zero-order chi connectivity index (χ0) is 12.5. The summed E-state index contributed by atoms with van der Waals surface area (Å²) in [6.07, 6.45) is 3.86. The van der Waals surface area contributed by atoms with Gasteiger partial charge in [0.25, 0.3) is 0 Å². The molecule has 0 amide bonds. The molecule has 4 nitrogen and oxygen atoms in total. The number of nitrogens with zero attached hydrogens (tertiary/aromatic N) is 2. The van der Waals surface area contributed by atoms with Crippen LogP contribution >= 0.6 is 0 Å². The van der Waals surface area contributed by atoms with Crippen LogP contribution < -0.4 is 4.90 Å². The number of nitro benzene ring substituents is 1. The van der Waals surface area contributed by atoms with Crippen molar-refractivity contribution in [2.24, 2.45) is 0 Å². The summed E-state index contributed by atoms with van der Waals surface area (Å²) in [6.45, 7) is 2.29. The number of hydrogen-bond acceptors (Lipinski definition) is 3. The van der Waals surface area contributed by atoms with Crippen LogP contribution in [-0.4, -0.2) is 32.5 Å². The van der Waals surface area contributed by atoms with Crippen LogP contribution in [0.15, 0.2) is 24.3 Å². The quantitative estimate of drug-likeness (QED) is 0.487. The molecule has 0 radical (unpaired) electrons. The van der Waals surface area contributed by atoms with Crippen LogP contribution in [0.2, 0.25) is 0 Å². The molecule has 5 heteroatoms. The first kappa shape index (κ1) is 11.8. The molecule has 0 aliphatic carbocycles. The van der Waals surface area contributed by atoms with E-state index in [-0.39, 0.29) is 10.6 Å². The van der Waals surface area contributed by atoms with Crippen LogP contribution in [0.5, 0.6) is 0 Å². The van der Waals surface area contributed by atoms with Crippen molar-refractivity contribution in [2.75, 3.05) is 18.0 Å². The number of benzene rings is 1. The maximum absolute atomic E-state index is 10.8. The fourth-order valence-corrected chi connectivity index (χ4v) is 4.70. The summed E-state index contributed by atoms with van der Waals surface area (Å²) in [4.78, 5) is 12.9. The van der Waals surface area contributed by atoms with Gasteiger partial charge >= 0.3 is 111 Å². The third-order valence-electron chi connectivity index (χ3n) is 3.37. The van der Waals surface area contributed by atoms with Crippen molar-refractivity contribution in [3.8, 4) is 0 Å². The van der Waals surface area contributed by atoms with Gasteiger partial charge in [0.1, 0.15) is 0 Å². The molecule has 1 fully saturated rings. The second-order valence-corrected chi connectivity index (χ2v) is 6.84. The van der Waals surface area contributed by atoms with Crippen molar-refractivity contribution >= 4 is 34.4 Å². The molecule has 1 aromatic carbocycles. The average Bonchev–Trinajstić information content (AvgIpc) is 2.82. The number of non-ortho nitro benzene ring substituents is 1. The van der Waals surface area contributed by atoms with Crippen molar-refractivity contribution < 1.29 is 4.92 Å². The van der Waals surface area contributed by atoms with E-state index < -0.39 is 0 Å². The number of fused-ring (bicyclic) bond motifs is 1. The summed E-state index contributed by atoms with van der Waals surface area (Å²) >= 11 is 0.321. The molecule has 2 aromatic rings. The number of rotatable bonds is 2. The SMILES string of the molecule is O=[N+]([O-])c1ccc2[se]c(N3CCCCC3)cc2c1. The van der Waals surface area contributed by atoms with Gasteiger partial charge in [-0.1, -0.05) is 0 Å². The van der Waals surface area contributed by atoms with Gasteiger partial charge in [0, 0.05) is 0 Å². The van der Waals surface area contributed by atoms with Crippen molar-refractivity contribution in [2.45, 2.75) is 19.3 Å². The Labute approximate surface area is 111 Å². The predicted molar refractivity (Wildman–Crippen MR) is 73.6 cm³/mol. The molecule has 0 spiro atoms. The molecule has 3 rings (SSSR count). The summed E-state index contributed by atoms with van der Waals surface area (Å²) in [5.41, 5.74) is 0.195. The second-order valence-electron chi connectivity index (χ2n) is 4.61. The molecule has 0 unspecified atom stereocenters. The topological polar surface area (TPSA) is 46.4 Å². The van der Waals surface area contributed by atoms with Crippen LogP contribution in [0, 0.1) is 10.1 Å². The predicted octanol–water partition coefficient (Wildman–Crippen LogP) is 2.80. The Morgan fingerprint density at radius 2 is 1.94 bits per heavy atom. The van der Waals surface area contributed by atoms with Gasteiger partial charge in [0.15, 0.2) is 0 Å². The van der Waals surface area contributed by atoms with Crippen LogP contribution in [0.3, 0.4) is 0 Å². The van der Waals surface area contributed by atoms with E-state index in [1.54, 1.807) is 12.1 Å². The fourth-order valence-electron chi connectivity index (χ4n) is 2.40. The minimum absolute atomic E-state index is 0.195. The van der Waals surface area contributed by atoms with E-state index in [9.17, 15) is 10.1 Å². The summed E-state index contributed by atoms with van der Waals surface area (Å²) in [5, 5.41) is 11.8. The van der Waals surface area contributed by atoms with Gasteiger partial charge in [-0.15, -0.1) is 0 Å². The third-order valence-corrected chi connectivity index (χ3v) is 5.83. The van der Waals surface area contributed by atoms with Crippen molar-refractivity contribution in [3.63, 3.8) is 0 Å². The molecule has 2 heterocycles. The summed E-state index contributed by atoms with van der Waals surface area (Å²) in [7, 11) is 0. The van der Waals surface area contributed by atoms with E-state index >= 15 is 0 Å². The Balaban J connectivity index is 1.97. The van der Waals surface area contributed by atoms with Crippen molar-refractivity contribution in [1.82, 2.24) is 0 Å². The Hall–Kier alpha value is -1.32. The van der Waals surface area contributed by atoms with E-state index in [0.717, 1.165) is 18.5 Å². The first-order valence-electron chi connectivity index (χ1n) is 6.17. The first-order chi connectivity index (χ1) is 8.74. The standard InChI is InChI=1S/C13H14N2O2Se/c16-15(17)11-4-5-12-10(8-11)9-13(18-12)14-6-2-1-3-7-14/h4-5,8-9H,1-3,6-7H2. The van der Waals surface area contributed by atoms with Crippen molar-refractivity contribution in [1.29, 1.82) is 0 Å². The first-order valence-corrected chi connectivity index (χ1v) is 7.88. The molecule has 18 heavy (non-hydrogen) atoms. The molecule has 1 aliphatic rings. The van der Waals surface area contributed by atoms with Crippen LogP contribution in [0.25, 0.3) is 9.65 Å². The Kier molecular flexibility index (Phi) is 3.10. The van der Waals surface area contributed by atoms with Crippen LogP contribution in [0.4, 0.5) is 10.2 Å². The molecule has 1 aromatic heterocycles. The van der Waals surface area contributed by atoms with Crippen molar-refractivity contribution in [3.05, 3.63) is 34.4 Å².